The van der Waals surface area contributed by atoms with Crippen molar-refractivity contribution in [1.82, 2.24) is 10.2 Å². The second-order valence-corrected chi connectivity index (χ2v) is 7.84. The summed E-state index contributed by atoms with van der Waals surface area (Å²) in [6.45, 7) is 2.22. The number of hydrogen-bond donors (Lipinski definition) is 1. The largest absolute Gasteiger partial charge is 0.380 e. The summed E-state index contributed by atoms with van der Waals surface area (Å²) in [4.78, 5) is 14.5. The molecule has 4 nitrogen and oxygen atoms in total. The Hall–Kier alpha value is -1.46. The Morgan fingerprint density at radius 3 is 2.76 bits per heavy atom. The second kappa shape index (κ2) is 7.04. The van der Waals surface area contributed by atoms with E-state index in [9.17, 15) is 9.18 Å². The van der Waals surface area contributed by atoms with E-state index in [1.54, 1.807) is 12.1 Å². The summed E-state index contributed by atoms with van der Waals surface area (Å²) in [6.07, 6.45) is 6.96. The molecule has 1 spiro atoms. The SMILES string of the molecule is O=C1CCC2(CCC(N[C@@H]3CCOC3)CC2)N1Cc1cccc(F)c1. The molecule has 2 heterocycles. The topological polar surface area (TPSA) is 41.6 Å². The van der Waals surface area contributed by atoms with Gasteiger partial charge >= 0.3 is 0 Å². The number of rotatable bonds is 4. The number of carbonyl (C=O) groups is 1. The zero-order valence-corrected chi connectivity index (χ0v) is 14.7. The van der Waals surface area contributed by atoms with Crippen LogP contribution >= 0.6 is 0 Å². The van der Waals surface area contributed by atoms with Gasteiger partial charge in [-0.2, -0.15) is 0 Å². The Labute approximate surface area is 148 Å². The molecule has 1 aliphatic carbocycles. The van der Waals surface area contributed by atoms with Crippen LogP contribution in [0.25, 0.3) is 0 Å². The van der Waals surface area contributed by atoms with Crippen molar-refractivity contribution < 1.29 is 13.9 Å². The molecule has 2 saturated heterocycles. The van der Waals surface area contributed by atoms with Gasteiger partial charge in [0, 0.05) is 37.2 Å². The lowest BCUT2D eigenvalue weighted by molar-refractivity contribution is -0.133. The third-order valence-corrected chi connectivity index (χ3v) is 6.22. The standard InChI is InChI=1S/C20H27FN2O2/c21-16-3-1-2-15(12-16)13-23-19(24)6-10-20(23)8-4-17(5-9-20)22-18-7-11-25-14-18/h1-3,12,17-18,22H,4-11,13-14H2/t17?,18-,20?/m1/s1. The van der Waals surface area contributed by atoms with E-state index in [4.69, 9.17) is 4.74 Å². The Kier molecular flexibility index (Phi) is 4.78. The molecule has 0 bridgehead atoms. The Balaban J connectivity index is 1.41. The van der Waals surface area contributed by atoms with Crippen LogP contribution < -0.4 is 5.32 Å². The third-order valence-electron chi connectivity index (χ3n) is 6.22. The van der Waals surface area contributed by atoms with Crippen molar-refractivity contribution in [2.45, 2.75) is 69.1 Å². The number of nitrogens with one attached hydrogen (secondary N) is 1. The maximum atomic E-state index is 13.5. The summed E-state index contributed by atoms with van der Waals surface area (Å²) >= 11 is 0. The maximum Gasteiger partial charge on any atom is 0.223 e. The first kappa shape index (κ1) is 17.0. The maximum absolute atomic E-state index is 13.5. The Bertz CT molecular complexity index is 622. The number of ether oxygens (including phenoxy) is 1. The number of nitrogens with zero attached hydrogens (tertiary/aromatic N) is 1. The normalized spacial score (nSPS) is 32.7. The van der Waals surface area contributed by atoms with E-state index in [2.05, 4.69) is 5.32 Å². The van der Waals surface area contributed by atoms with Crippen LogP contribution in [0.2, 0.25) is 0 Å². The van der Waals surface area contributed by atoms with E-state index in [1.165, 1.54) is 6.07 Å². The fraction of sp³-hybridized carbons (Fsp3) is 0.650. The number of likely N-dealkylation sites (tertiary alicyclic amines) is 1. The molecule has 1 aromatic rings. The predicted octanol–water partition coefficient (Wildman–Crippen LogP) is 3.01. The smallest absolute Gasteiger partial charge is 0.223 e. The summed E-state index contributed by atoms with van der Waals surface area (Å²) in [5.74, 6) is -0.00949. The lowest BCUT2D eigenvalue weighted by Crippen LogP contribution is -2.51. The Morgan fingerprint density at radius 1 is 1.20 bits per heavy atom. The monoisotopic (exact) mass is 346 g/mol. The summed E-state index contributed by atoms with van der Waals surface area (Å²) in [7, 11) is 0. The molecule has 1 saturated carbocycles. The van der Waals surface area contributed by atoms with Crippen molar-refractivity contribution in [3.05, 3.63) is 35.6 Å². The second-order valence-electron chi connectivity index (χ2n) is 7.84. The van der Waals surface area contributed by atoms with Gasteiger partial charge in [0.05, 0.1) is 6.61 Å². The molecule has 2 aliphatic heterocycles. The van der Waals surface area contributed by atoms with Gasteiger partial charge in [-0.05, 0) is 56.2 Å². The van der Waals surface area contributed by atoms with Gasteiger partial charge in [-0.25, -0.2) is 4.39 Å². The lowest BCUT2D eigenvalue weighted by Gasteiger charge is -2.44. The number of hydrogen-bond acceptors (Lipinski definition) is 3. The van der Waals surface area contributed by atoms with Gasteiger partial charge in [0.1, 0.15) is 5.82 Å². The molecule has 4 rings (SSSR count). The zero-order chi connectivity index (χ0) is 17.3. The minimum absolute atomic E-state index is 0.0201. The van der Waals surface area contributed by atoms with Gasteiger partial charge in [-0.3, -0.25) is 4.79 Å². The van der Waals surface area contributed by atoms with Gasteiger partial charge in [0.15, 0.2) is 0 Å². The average molecular weight is 346 g/mol. The highest BCUT2D eigenvalue weighted by Crippen LogP contribution is 2.43. The lowest BCUT2D eigenvalue weighted by atomic mass is 9.77. The highest BCUT2D eigenvalue weighted by Gasteiger charge is 2.47. The number of carbonyl (C=O) groups excluding carboxylic acids is 1. The van der Waals surface area contributed by atoms with Crippen molar-refractivity contribution in [3.63, 3.8) is 0 Å². The van der Waals surface area contributed by atoms with Crippen LogP contribution in [-0.2, 0) is 16.1 Å². The van der Waals surface area contributed by atoms with E-state index in [1.807, 2.05) is 11.0 Å². The molecule has 5 heteroatoms. The molecule has 0 unspecified atom stereocenters. The molecule has 1 N–H and O–H groups in total. The van der Waals surface area contributed by atoms with Gasteiger partial charge in [0.2, 0.25) is 5.91 Å². The van der Waals surface area contributed by atoms with Crippen molar-refractivity contribution >= 4 is 5.91 Å². The van der Waals surface area contributed by atoms with Crippen molar-refractivity contribution in [2.75, 3.05) is 13.2 Å². The van der Waals surface area contributed by atoms with Crippen LogP contribution in [0.4, 0.5) is 4.39 Å². The van der Waals surface area contributed by atoms with E-state index >= 15 is 0 Å². The molecule has 1 atom stereocenters. The first-order valence-electron chi connectivity index (χ1n) is 9.53. The molecule has 3 aliphatic rings. The van der Waals surface area contributed by atoms with E-state index in [0.717, 1.165) is 57.3 Å². The van der Waals surface area contributed by atoms with Crippen LogP contribution in [0, 0.1) is 5.82 Å². The van der Waals surface area contributed by atoms with Gasteiger partial charge < -0.3 is 15.0 Å². The summed E-state index contributed by atoms with van der Waals surface area (Å²) < 4.78 is 18.9. The van der Waals surface area contributed by atoms with Gasteiger partial charge in [-0.1, -0.05) is 12.1 Å². The molecular weight excluding hydrogens is 319 g/mol. The molecular formula is C20H27FN2O2. The van der Waals surface area contributed by atoms with Crippen molar-refractivity contribution in [3.8, 4) is 0 Å². The molecule has 0 aromatic heterocycles. The van der Waals surface area contributed by atoms with E-state index in [-0.39, 0.29) is 17.3 Å². The minimum Gasteiger partial charge on any atom is -0.380 e. The average Bonchev–Trinajstić information content (AvgIpc) is 3.21. The molecule has 1 aromatic carbocycles. The van der Waals surface area contributed by atoms with Crippen LogP contribution in [0.3, 0.4) is 0 Å². The third kappa shape index (κ3) is 3.58. The Morgan fingerprint density at radius 2 is 2.04 bits per heavy atom. The first-order chi connectivity index (χ1) is 12.1. The zero-order valence-electron chi connectivity index (χ0n) is 14.7. The number of amides is 1. The number of benzene rings is 1. The fourth-order valence-corrected chi connectivity index (χ4v) is 4.79. The molecule has 3 fully saturated rings. The predicted molar refractivity (Wildman–Crippen MR) is 93.5 cm³/mol. The van der Waals surface area contributed by atoms with Gasteiger partial charge in [-0.15, -0.1) is 0 Å². The highest BCUT2D eigenvalue weighted by atomic mass is 19.1. The van der Waals surface area contributed by atoms with Crippen molar-refractivity contribution in [1.29, 1.82) is 0 Å². The van der Waals surface area contributed by atoms with Gasteiger partial charge in [0.25, 0.3) is 0 Å². The molecule has 25 heavy (non-hydrogen) atoms. The van der Waals surface area contributed by atoms with Crippen LogP contribution in [0.5, 0.6) is 0 Å². The summed E-state index contributed by atoms with van der Waals surface area (Å²) in [5, 5.41) is 3.73. The highest BCUT2D eigenvalue weighted by molar-refractivity contribution is 5.79. The minimum atomic E-state index is -0.232. The van der Waals surface area contributed by atoms with E-state index < -0.39 is 0 Å². The summed E-state index contributed by atoms with van der Waals surface area (Å²) in [5.41, 5.74) is 0.867. The van der Waals surface area contributed by atoms with Crippen LogP contribution in [0.15, 0.2) is 24.3 Å². The van der Waals surface area contributed by atoms with Crippen molar-refractivity contribution in [2.24, 2.45) is 0 Å². The number of halogens is 1. The van der Waals surface area contributed by atoms with E-state index in [0.29, 0.717) is 25.0 Å². The first-order valence-corrected chi connectivity index (χ1v) is 9.53. The fourth-order valence-electron chi connectivity index (χ4n) is 4.79. The van der Waals surface area contributed by atoms with Crippen LogP contribution in [0.1, 0.15) is 50.5 Å². The molecule has 0 radical (unpaired) electrons. The summed E-state index contributed by atoms with van der Waals surface area (Å²) in [6, 6.07) is 7.66. The quantitative estimate of drug-likeness (QED) is 0.911. The van der Waals surface area contributed by atoms with Crippen LogP contribution in [-0.4, -0.2) is 41.6 Å². The molecule has 136 valence electrons. The molecule has 1 amide bonds.